The molecule has 0 saturated carbocycles. The van der Waals surface area contributed by atoms with Gasteiger partial charge in [-0.3, -0.25) is 10.1 Å². The number of rotatable bonds is 4. The molecule has 19 heavy (non-hydrogen) atoms. The Labute approximate surface area is 111 Å². The van der Waals surface area contributed by atoms with E-state index in [2.05, 4.69) is 44.8 Å². The zero-order chi connectivity index (χ0) is 13.1. The van der Waals surface area contributed by atoms with Gasteiger partial charge in [0.2, 0.25) is 0 Å². The van der Waals surface area contributed by atoms with Crippen LogP contribution in [0.2, 0.25) is 0 Å². The summed E-state index contributed by atoms with van der Waals surface area (Å²) in [6.45, 7) is 3.68. The third kappa shape index (κ3) is 2.80. The second-order valence-corrected chi connectivity index (χ2v) is 4.69. The van der Waals surface area contributed by atoms with Crippen LogP contribution in [0, 0.1) is 6.92 Å². The molecular formula is C15H16N4. The number of nitrogens with one attached hydrogen (secondary N) is 2. The van der Waals surface area contributed by atoms with Crippen molar-refractivity contribution in [3.05, 3.63) is 59.5 Å². The van der Waals surface area contributed by atoms with Crippen molar-refractivity contribution in [2.75, 3.05) is 0 Å². The quantitative estimate of drug-likeness (QED) is 0.750. The van der Waals surface area contributed by atoms with Gasteiger partial charge in [0, 0.05) is 35.9 Å². The van der Waals surface area contributed by atoms with Crippen LogP contribution in [0.15, 0.2) is 42.7 Å². The van der Waals surface area contributed by atoms with Crippen molar-refractivity contribution in [1.82, 2.24) is 20.5 Å². The van der Waals surface area contributed by atoms with E-state index in [1.54, 1.807) is 0 Å². The van der Waals surface area contributed by atoms with Gasteiger partial charge < -0.3 is 5.32 Å². The average Bonchev–Trinajstić information content (AvgIpc) is 2.92. The van der Waals surface area contributed by atoms with Gasteiger partial charge in [-0.25, -0.2) is 0 Å². The lowest BCUT2D eigenvalue weighted by atomic mass is 10.1. The number of fused-ring (bicyclic) bond motifs is 1. The van der Waals surface area contributed by atoms with E-state index in [1.807, 2.05) is 25.4 Å². The van der Waals surface area contributed by atoms with Gasteiger partial charge in [-0.1, -0.05) is 12.1 Å². The fourth-order valence-corrected chi connectivity index (χ4v) is 2.11. The van der Waals surface area contributed by atoms with Crippen LogP contribution in [0.1, 0.15) is 16.8 Å². The monoisotopic (exact) mass is 252 g/mol. The second-order valence-electron chi connectivity index (χ2n) is 4.69. The molecule has 3 aromatic rings. The Morgan fingerprint density at radius 2 is 2.00 bits per heavy atom. The Balaban J connectivity index is 1.69. The maximum atomic E-state index is 4.50. The van der Waals surface area contributed by atoms with Crippen molar-refractivity contribution in [1.29, 1.82) is 0 Å². The minimum absolute atomic E-state index is 0.820. The largest absolute Gasteiger partial charge is 0.309 e. The van der Waals surface area contributed by atoms with Crippen LogP contribution in [-0.4, -0.2) is 15.2 Å². The van der Waals surface area contributed by atoms with Gasteiger partial charge in [0.05, 0.1) is 11.7 Å². The third-order valence-corrected chi connectivity index (χ3v) is 3.11. The van der Waals surface area contributed by atoms with E-state index in [0.29, 0.717) is 0 Å². The molecule has 2 heterocycles. The summed E-state index contributed by atoms with van der Waals surface area (Å²) >= 11 is 0. The van der Waals surface area contributed by atoms with Gasteiger partial charge in [0.25, 0.3) is 0 Å². The number of hydrogen-bond donors (Lipinski definition) is 2. The van der Waals surface area contributed by atoms with E-state index in [9.17, 15) is 0 Å². The molecule has 2 N–H and O–H groups in total. The molecule has 0 fully saturated rings. The molecule has 1 aromatic carbocycles. The number of nitrogens with zero attached hydrogens (tertiary/aromatic N) is 2. The van der Waals surface area contributed by atoms with Crippen LogP contribution >= 0.6 is 0 Å². The summed E-state index contributed by atoms with van der Waals surface area (Å²) in [4.78, 5) is 4.50. The SMILES string of the molecule is Cc1ccc2cc(CNCc3cn[nH]c3)ccc2n1. The molecule has 0 bridgehead atoms. The minimum Gasteiger partial charge on any atom is -0.309 e. The van der Waals surface area contributed by atoms with E-state index < -0.39 is 0 Å². The number of H-pyrrole nitrogens is 1. The lowest BCUT2D eigenvalue weighted by molar-refractivity contribution is 0.694. The summed E-state index contributed by atoms with van der Waals surface area (Å²) in [7, 11) is 0. The molecule has 4 nitrogen and oxygen atoms in total. The fourth-order valence-electron chi connectivity index (χ4n) is 2.11. The van der Waals surface area contributed by atoms with Crippen LogP contribution in [-0.2, 0) is 13.1 Å². The molecule has 3 rings (SSSR count). The van der Waals surface area contributed by atoms with Gasteiger partial charge in [-0.05, 0) is 30.7 Å². The maximum Gasteiger partial charge on any atom is 0.0705 e. The Morgan fingerprint density at radius 3 is 2.84 bits per heavy atom. The smallest absolute Gasteiger partial charge is 0.0705 e. The molecule has 2 aromatic heterocycles. The molecule has 0 atom stereocenters. The first-order valence-corrected chi connectivity index (χ1v) is 6.36. The summed E-state index contributed by atoms with van der Waals surface area (Å²) in [6, 6.07) is 10.6. The maximum absolute atomic E-state index is 4.50. The van der Waals surface area contributed by atoms with E-state index >= 15 is 0 Å². The third-order valence-electron chi connectivity index (χ3n) is 3.11. The summed E-state index contributed by atoms with van der Waals surface area (Å²) in [5, 5.41) is 11.3. The molecule has 0 aliphatic heterocycles. The number of aromatic amines is 1. The fraction of sp³-hybridized carbons (Fsp3) is 0.200. The zero-order valence-electron chi connectivity index (χ0n) is 10.9. The van der Waals surface area contributed by atoms with Gasteiger partial charge in [-0.2, -0.15) is 5.10 Å². The van der Waals surface area contributed by atoms with Crippen LogP contribution in [0.4, 0.5) is 0 Å². The van der Waals surface area contributed by atoms with Crippen molar-refractivity contribution in [3.8, 4) is 0 Å². The highest BCUT2D eigenvalue weighted by atomic mass is 15.1. The average molecular weight is 252 g/mol. The van der Waals surface area contributed by atoms with Crippen molar-refractivity contribution in [2.24, 2.45) is 0 Å². The first-order valence-electron chi connectivity index (χ1n) is 6.36. The normalized spacial score (nSPS) is 11.0. The van der Waals surface area contributed by atoms with Crippen LogP contribution < -0.4 is 5.32 Å². The van der Waals surface area contributed by atoms with E-state index in [-0.39, 0.29) is 0 Å². The summed E-state index contributed by atoms with van der Waals surface area (Å²) in [5.41, 5.74) is 4.54. The van der Waals surface area contributed by atoms with Crippen LogP contribution in [0.3, 0.4) is 0 Å². The van der Waals surface area contributed by atoms with Crippen molar-refractivity contribution < 1.29 is 0 Å². The highest BCUT2D eigenvalue weighted by Gasteiger charge is 1.99. The second kappa shape index (κ2) is 5.20. The predicted molar refractivity (Wildman–Crippen MR) is 75.6 cm³/mol. The number of aromatic nitrogens is 3. The van der Waals surface area contributed by atoms with E-state index in [1.165, 1.54) is 10.9 Å². The predicted octanol–water partition coefficient (Wildman–Crippen LogP) is 2.56. The van der Waals surface area contributed by atoms with Gasteiger partial charge in [0.15, 0.2) is 0 Å². The highest BCUT2D eigenvalue weighted by molar-refractivity contribution is 5.79. The Kier molecular flexibility index (Phi) is 3.25. The Morgan fingerprint density at radius 1 is 1.11 bits per heavy atom. The number of pyridine rings is 1. The topological polar surface area (TPSA) is 53.6 Å². The number of benzene rings is 1. The van der Waals surface area contributed by atoms with Crippen molar-refractivity contribution in [3.63, 3.8) is 0 Å². The molecule has 96 valence electrons. The molecule has 4 heteroatoms. The summed E-state index contributed by atoms with van der Waals surface area (Å²) in [5.74, 6) is 0. The Hall–Kier alpha value is -2.20. The first kappa shape index (κ1) is 11.9. The van der Waals surface area contributed by atoms with Crippen LogP contribution in [0.25, 0.3) is 10.9 Å². The lowest BCUT2D eigenvalue weighted by Gasteiger charge is -2.05. The van der Waals surface area contributed by atoms with Crippen LogP contribution in [0.5, 0.6) is 0 Å². The van der Waals surface area contributed by atoms with E-state index in [4.69, 9.17) is 0 Å². The standard InChI is InChI=1S/C15H16N4/c1-11-2-4-14-6-12(3-5-15(14)19-11)7-16-8-13-9-17-18-10-13/h2-6,9-10,16H,7-8H2,1H3,(H,17,18). The molecule has 0 amide bonds. The molecule has 0 spiro atoms. The molecule has 0 aliphatic carbocycles. The number of aryl methyl sites for hydroxylation is 1. The van der Waals surface area contributed by atoms with Crippen molar-refractivity contribution >= 4 is 10.9 Å². The molecular weight excluding hydrogens is 236 g/mol. The summed E-state index contributed by atoms with van der Waals surface area (Å²) in [6.07, 6.45) is 3.74. The first-order chi connectivity index (χ1) is 9.31. The molecule has 0 aliphatic rings. The van der Waals surface area contributed by atoms with Gasteiger partial charge in [0.1, 0.15) is 0 Å². The highest BCUT2D eigenvalue weighted by Crippen LogP contribution is 2.14. The lowest BCUT2D eigenvalue weighted by Crippen LogP contribution is -2.12. The zero-order valence-corrected chi connectivity index (χ0v) is 10.9. The summed E-state index contributed by atoms with van der Waals surface area (Å²) < 4.78 is 0. The number of hydrogen-bond acceptors (Lipinski definition) is 3. The molecule has 0 saturated heterocycles. The molecule has 0 radical (unpaired) electrons. The van der Waals surface area contributed by atoms with Gasteiger partial charge in [-0.15, -0.1) is 0 Å². The van der Waals surface area contributed by atoms with E-state index in [0.717, 1.165) is 29.9 Å². The Bertz CT molecular complexity index is 674. The molecule has 0 unspecified atom stereocenters. The van der Waals surface area contributed by atoms with Gasteiger partial charge >= 0.3 is 0 Å². The minimum atomic E-state index is 0.820. The van der Waals surface area contributed by atoms with Crippen molar-refractivity contribution in [2.45, 2.75) is 20.0 Å².